The Labute approximate surface area is 146 Å². The van der Waals surface area contributed by atoms with Crippen LogP contribution in [0.15, 0.2) is 24.3 Å². The molecule has 3 rings (SSSR count). The molecule has 24 heavy (non-hydrogen) atoms. The van der Waals surface area contributed by atoms with Gasteiger partial charge in [-0.3, -0.25) is 9.78 Å². The third-order valence-corrected chi connectivity index (χ3v) is 4.59. The summed E-state index contributed by atoms with van der Waals surface area (Å²) < 4.78 is 0. The molecule has 0 spiro atoms. The maximum absolute atomic E-state index is 13.0. The van der Waals surface area contributed by atoms with Gasteiger partial charge in [0.2, 0.25) is 0 Å². The van der Waals surface area contributed by atoms with Gasteiger partial charge in [-0.2, -0.15) is 0 Å². The Kier molecular flexibility index (Phi) is 4.51. The van der Waals surface area contributed by atoms with Gasteiger partial charge in [-0.1, -0.05) is 11.6 Å². The number of aromatic nitrogens is 1. The first-order valence-electron chi connectivity index (χ1n) is 8.01. The van der Waals surface area contributed by atoms with E-state index in [0.29, 0.717) is 36.6 Å². The summed E-state index contributed by atoms with van der Waals surface area (Å²) >= 11 is 6.10. The van der Waals surface area contributed by atoms with Crippen LogP contribution in [0.1, 0.15) is 22.5 Å². The summed E-state index contributed by atoms with van der Waals surface area (Å²) in [6.45, 7) is 3.30. The molecule has 0 unspecified atom stereocenters. The molecule has 1 saturated heterocycles. The van der Waals surface area contributed by atoms with Crippen LogP contribution < -0.4 is 0 Å². The van der Waals surface area contributed by atoms with Crippen LogP contribution in [0, 0.1) is 6.92 Å². The molecule has 1 atom stereocenters. The van der Waals surface area contributed by atoms with Gasteiger partial charge in [0, 0.05) is 29.2 Å². The van der Waals surface area contributed by atoms with Gasteiger partial charge in [-0.25, -0.2) is 0 Å². The van der Waals surface area contributed by atoms with Gasteiger partial charge in [-0.05, 0) is 51.7 Å². The Balaban J connectivity index is 1.94. The predicted octanol–water partition coefficient (Wildman–Crippen LogP) is 2.34. The molecule has 1 amide bonds. The Bertz CT molecular complexity index is 793. The molecule has 128 valence electrons. The highest BCUT2D eigenvalue weighted by molar-refractivity contribution is 6.31. The number of pyridine rings is 1. The largest absolute Gasteiger partial charge is 0.387 e. The van der Waals surface area contributed by atoms with E-state index < -0.39 is 5.60 Å². The van der Waals surface area contributed by atoms with Gasteiger partial charge in [0.25, 0.3) is 5.91 Å². The minimum absolute atomic E-state index is 0.0811. The molecule has 2 aromatic rings. The maximum Gasteiger partial charge on any atom is 0.254 e. The number of aliphatic hydroxyl groups is 1. The molecule has 0 radical (unpaired) electrons. The highest BCUT2D eigenvalue weighted by Crippen LogP contribution is 2.27. The lowest BCUT2D eigenvalue weighted by Crippen LogP contribution is -2.43. The van der Waals surface area contributed by atoms with Crippen molar-refractivity contribution in [3.63, 3.8) is 0 Å². The standard InChI is InChI=1S/C18H22ClN3O2/c1-12-8-15(14-9-13(19)4-5-16(14)20-12)17(23)22-7-6-18(24,11-22)10-21(2)3/h4-5,8-9,24H,6-7,10-11H2,1-3H3/t18-/m1/s1. The summed E-state index contributed by atoms with van der Waals surface area (Å²) in [5.74, 6) is -0.0811. The highest BCUT2D eigenvalue weighted by atomic mass is 35.5. The number of nitrogens with zero attached hydrogens (tertiary/aromatic N) is 3. The molecule has 0 saturated carbocycles. The van der Waals surface area contributed by atoms with Gasteiger partial charge in [-0.15, -0.1) is 0 Å². The third kappa shape index (κ3) is 3.38. The van der Waals surface area contributed by atoms with Crippen molar-refractivity contribution in [3.8, 4) is 0 Å². The fourth-order valence-corrected chi connectivity index (χ4v) is 3.60. The average Bonchev–Trinajstić information content (AvgIpc) is 2.87. The van der Waals surface area contributed by atoms with Crippen LogP contribution in [0.5, 0.6) is 0 Å². The van der Waals surface area contributed by atoms with Crippen molar-refractivity contribution < 1.29 is 9.90 Å². The number of likely N-dealkylation sites (tertiary alicyclic amines) is 1. The van der Waals surface area contributed by atoms with Gasteiger partial charge < -0.3 is 14.9 Å². The molecule has 1 N–H and O–H groups in total. The van der Waals surface area contributed by atoms with Crippen molar-refractivity contribution in [1.82, 2.24) is 14.8 Å². The predicted molar refractivity (Wildman–Crippen MR) is 95.5 cm³/mol. The fraction of sp³-hybridized carbons (Fsp3) is 0.444. The molecule has 5 nitrogen and oxygen atoms in total. The number of fused-ring (bicyclic) bond motifs is 1. The monoisotopic (exact) mass is 347 g/mol. The summed E-state index contributed by atoms with van der Waals surface area (Å²) in [5.41, 5.74) is 1.28. The molecule has 6 heteroatoms. The Morgan fingerprint density at radius 3 is 2.88 bits per heavy atom. The maximum atomic E-state index is 13.0. The zero-order valence-corrected chi connectivity index (χ0v) is 15.0. The number of halogens is 1. The van der Waals surface area contributed by atoms with Crippen LogP contribution >= 0.6 is 11.6 Å². The summed E-state index contributed by atoms with van der Waals surface area (Å²) in [6.07, 6.45) is 0.583. The second kappa shape index (κ2) is 6.31. The number of carbonyl (C=O) groups excluding carboxylic acids is 1. The van der Waals surface area contributed by atoms with Crippen LogP contribution in [0.4, 0.5) is 0 Å². The molecule has 0 bridgehead atoms. The van der Waals surface area contributed by atoms with E-state index >= 15 is 0 Å². The lowest BCUT2D eigenvalue weighted by molar-refractivity contribution is 0.0236. The Morgan fingerprint density at radius 1 is 1.42 bits per heavy atom. The van der Waals surface area contributed by atoms with Gasteiger partial charge >= 0.3 is 0 Å². The van der Waals surface area contributed by atoms with Crippen LogP contribution in [0.3, 0.4) is 0 Å². The SMILES string of the molecule is Cc1cc(C(=O)N2CC[C@@](O)(CN(C)C)C2)c2cc(Cl)ccc2n1. The number of hydrogen-bond acceptors (Lipinski definition) is 4. The van der Waals surface area contributed by atoms with E-state index in [-0.39, 0.29) is 5.91 Å². The second-order valence-electron chi connectivity index (χ2n) is 6.91. The van der Waals surface area contributed by atoms with Crippen molar-refractivity contribution in [2.45, 2.75) is 18.9 Å². The first-order valence-corrected chi connectivity index (χ1v) is 8.38. The number of aryl methyl sites for hydroxylation is 1. The van der Waals surface area contributed by atoms with E-state index in [0.717, 1.165) is 16.6 Å². The fourth-order valence-electron chi connectivity index (χ4n) is 3.43. The molecule has 2 heterocycles. The molecule has 1 aromatic heterocycles. The number of hydrogen-bond donors (Lipinski definition) is 1. The van der Waals surface area contributed by atoms with E-state index in [4.69, 9.17) is 11.6 Å². The normalized spacial score (nSPS) is 21.0. The first-order chi connectivity index (χ1) is 11.3. The highest BCUT2D eigenvalue weighted by Gasteiger charge is 2.39. The Hall–Kier alpha value is -1.69. The van der Waals surface area contributed by atoms with Gasteiger partial charge in [0.1, 0.15) is 0 Å². The van der Waals surface area contributed by atoms with Crippen LogP contribution in [0.25, 0.3) is 10.9 Å². The average molecular weight is 348 g/mol. The molecular weight excluding hydrogens is 326 g/mol. The van der Waals surface area contributed by atoms with E-state index in [2.05, 4.69) is 4.98 Å². The number of likely N-dealkylation sites (N-methyl/N-ethyl adjacent to an activating group) is 1. The second-order valence-corrected chi connectivity index (χ2v) is 7.35. The van der Waals surface area contributed by atoms with E-state index in [1.165, 1.54) is 0 Å². The van der Waals surface area contributed by atoms with E-state index in [1.807, 2.05) is 32.0 Å². The number of amides is 1. The van der Waals surface area contributed by atoms with Crippen LogP contribution in [-0.2, 0) is 0 Å². The summed E-state index contributed by atoms with van der Waals surface area (Å²) in [4.78, 5) is 21.2. The minimum Gasteiger partial charge on any atom is -0.387 e. The molecule has 0 aliphatic carbocycles. The summed E-state index contributed by atoms with van der Waals surface area (Å²) in [5, 5.41) is 12.0. The number of rotatable bonds is 3. The number of benzene rings is 1. The molecular formula is C18H22ClN3O2. The van der Waals surface area contributed by atoms with Crippen LogP contribution in [-0.4, -0.2) is 65.1 Å². The van der Waals surface area contributed by atoms with Crippen molar-refractivity contribution in [2.75, 3.05) is 33.7 Å². The first kappa shape index (κ1) is 17.1. The molecule has 1 aliphatic heterocycles. The lowest BCUT2D eigenvalue weighted by atomic mass is 10.0. The molecule has 1 aromatic carbocycles. The van der Waals surface area contributed by atoms with Crippen molar-refractivity contribution in [1.29, 1.82) is 0 Å². The van der Waals surface area contributed by atoms with Gasteiger partial charge in [0.15, 0.2) is 0 Å². The zero-order chi connectivity index (χ0) is 17.5. The van der Waals surface area contributed by atoms with E-state index in [9.17, 15) is 9.90 Å². The van der Waals surface area contributed by atoms with Crippen molar-refractivity contribution >= 4 is 28.4 Å². The van der Waals surface area contributed by atoms with Crippen molar-refractivity contribution in [3.05, 3.63) is 40.5 Å². The van der Waals surface area contributed by atoms with Crippen LogP contribution in [0.2, 0.25) is 5.02 Å². The number of carbonyl (C=O) groups is 1. The summed E-state index contributed by atoms with van der Waals surface area (Å²) in [6, 6.07) is 7.17. The summed E-state index contributed by atoms with van der Waals surface area (Å²) in [7, 11) is 3.84. The van der Waals surface area contributed by atoms with E-state index in [1.54, 1.807) is 23.1 Å². The number of β-amino-alcohol motifs (C(OH)–C–C–N with tert-alkyl or cyclic N) is 1. The molecule has 1 fully saturated rings. The quantitative estimate of drug-likeness (QED) is 0.926. The Morgan fingerprint density at radius 2 is 2.17 bits per heavy atom. The topological polar surface area (TPSA) is 56.7 Å². The zero-order valence-electron chi connectivity index (χ0n) is 14.2. The van der Waals surface area contributed by atoms with Gasteiger partial charge in [0.05, 0.1) is 23.2 Å². The minimum atomic E-state index is -0.852. The molecule has 1 aliphatic rings. The van der Waals surface area contributed by atoms with Crippen molar-refractivity contribution in [2.24, 2.45) is 0 Å². The lowest BCUT2D eigenvalue weighted by Gasteiger charge is -2.26. The smallest absolute Gasteiger partial charge is 0.254 e. The third-order valence-electron chi connectivity index (χ3n) is 4.36.